The summed E-state index contributed by atoms with van der Waals surface area (Å²) in [5.41, 5.74) is 8.93. The van der Waals surface area contributed by atoms with Gasteiger partial charge >= 0.3 is 0 Å². The molecule has 0 aliphatic rings. The van der Waals surface area contributed by atoms with Crippen molar-refractivity contribution in [2.24, 2.45) is 5.73 Å². The molecule has 1 aromatic rings. The maximum Gasteiger partial charge on any atom is 0.241 e. The molecule has 1 rings (SSSR count). The van der Waals surface area contributed by atoms with Crippen LogP contribution in [0.25, 0.3) is 0 Å². The second kappa shape index (κ2) is 6.40. The highest BCUT2D eigenvalue weighted by molar-refractivity contribution is 5.95. The van der Waals surface area contributed by atoms with Crippen molar-refractivity contribution < 1.29 is 4.79 Å². The maximum absolute atomic E-state index is 11.8. The number of rotatable bonds is 5. The van der Waals surface area contributed by atoms with Gasteiger partial charge in [-0.2, -0.15) is 0 Å². The third kappa shape index (κ3) is 4.19. The quantitative estimate of drug-likeness (QED) is 0.823. The number of aryl methyl sites for hydroxylation is 2. The number of carbonyl (C=O) groups is 1. The van der Waals surface area contributed by atoms with E-state index in [-0.39, 0.29) is 5.91 Å². The molecule has 0 saturated carbocycles. The number of nitrogens with two attached hydrogens (primary N) is 1. The molecule has 0 saturated heterocycles. The Morgan fingerprint density at radius 1 is 1.41 bits per heavy atom. The number of benzene rings is 1. The van der Waals surface area contributed by atoms with Crippen molar-refractivity contribution >= 4 is 11.6 Å². The Morgan fingerprint density at radius 3 is 2.71 bits per heavy atom. The van der Waals surface area contributed by atoms with E-state index in [4.69, 9.17) is 5.73 Å². The number of amides is 1. The summed E-state index contributed by atoms with van der Waals surface area (Å²) in [5, 5.41) is 2.88. The molecule has 0 radical (unpaired) electrons. The predicted octanol–water partition coefficient (Wildman–Crippen LogP) is 2.76. The van der Waals surface area contributed by atoms with E-state index in [1.54, 1.807) is 0 Å². The summed E-state index contributed by atoms with van der Waals surface area (Å²) in [6, 6.07) is 5.55. The van der Waals surface area contributed by atoms with E-state index in [0.29, 0.717) is 0 Å². The fourth-order valence-electron chi connectivity index (χ4n) is 1.73. The highest BCUT2D eigenvalue weighted by atomic mass is 16.2. The van der Waals surface area contributed by atoms with E-state index >= 15 is 0 Å². The lowest BCUT2D eigenvalue weighted by Gasteiger charge is -2.13. The number of hydrogen-bond acceptors (Lipinski definition) is 2. The van der Waals surface area contributed by atoms with E-state index in [2.05, 4.69) is 12.2 Å². The number of hydrogen-bond donors (Lipinski definition) is 2. The summed E-state index contributed by atoms with van der Waals surface area (Å²) >= 11 is 0. The van der Waals surface area contributed by atoms with Gasteiger partial charge in [0.2, 0.25) is 5.91 Å². The Hall–Kier alpha value is -1.35. The van der Waals surface area contributed by atoms with Gasteiger partial charge in [0.15, 0.2) is 0 Å². The second-order valence-electron chi connectivity index (χ2n) is 4.56. The van der Waals surface area contributed by atoms with Gasteiger partial charge in [0.1, 0.15) is 0 Å². The normalized spacial score (nSPS) is 12.2. The van der Waals surface area contributed by atoms with E-state index in [0.717, 1.165) is 30.5 Å². The smallest absolute Gasteiger partial charge is 0.241 e. The molecule has 0 aliphatic carbocycles. The molecule has 3 heteroatoms. The summed E-state index contributed by atoms with van der Waals surface area (Å²) in [7, 11) is 0. The lowest BCUT2D eigenvalue weighted by molar-refractivity contribution is -0.117. The molecule has 3 nitrogen and oxygen atoms in total. The number of nitrogens with one attached hydrogen (secondary N) is 1. The number of unbranched alkanes of at least 4 members (excludes halogenated alkanes) is 1. The molecule has 17 heavy (non-hydrogen) atoms. The van der Waals surface area contributed by atoms with Gasteiger partial charge in [-0.1, -0.05) is 37.5 Å². The molecule has 0 aromatic heterocycles. The summed E-state index contributed by atoms with van der Waals surface area (Å²) in [4.78, 5) is 11.8. The predicted molar refractivity (Wildman–Crippen MR) is 72.0 cm³/mol. The molecule has 0 spiro atoms. The summed E-state index contributed by atoms with van der Waals surface area (Å²) < 4.78 is 0. The first-order valence-corrected chi connectivity index (χ1v) is 6.18. The van der Waals surface area contributed by atoms with Crippen molar-refractivity contribution in [2.45, 2.75) is 46.1 Å². The third-order valence-electron chi connectivity index (χ3n) is 2.85. The molecule has 94 valence electrons. The Kier molecular flexibility index (Phi) is 5.16. The molecular weight excluding hydrogens is 212 g/mol. The standard InChI is InChI=1S/C14H22N2O/c1-4-5-6-12(15)14(17)16-13-8-7-10(2)9-11(13)3/h7-9,12H,4-6,15H2,1-3H3,(H,16,17)/t12-/m0/s1. The van der Waals surface area contributed by atoms with Gasteiger partial charge in [-0.25, -0.2) is 0 Å². The highest BCUT2D eigenvalue weighted by Gasteiger charge is 2.13. The molecule has 1 atom stereocenters. The molecular formula is C14H22N2O. The number of carbonyl (C=O) groups excluding carboxylic acids is 1. The third-order valence-corrected chi connectivity index (χ3v) is 2.85. The average Bonchev–Trinajstić information content (AvgIpc) is 2.29. The van der Waals surface area contributed by atoms with Gasteiger partial charge in [-0.15, -0.1) is 0 Å². The highest BCUT2D eigenvalue weighted by Crippen LogP contribution is 2.16. The lowest BCUT2D eigenvalue weighted by atomic mass is 10.1. The number of anilines is 1. The van der Waals surface area contributed by atoms with Crippen LogP contribution in [0.2, 0.25) is 0 Å². The van der Waals surface area contributed by atoms with Crippen molar-refractivity contribution in [3.8, 4) is 0 Å². The molecule has 0 bridgehead atoms. The topological polar surface area (TPSA) is 55.1 Å². The first-order valence-electron chi connectivity index (χ1n) is 6.18. The first kappa shape index (κ1) is 13.7. The van der Waals surface area contributed by atoms with Gasteiger partial charge < -0.3 is 11.1 Å². The molecule has 0 heterocycles. The molecule has 1 amide bonds. The van der Waals surface area contributed by atoms with Crippen LogP contribution in [0, 0.1) is 13.8 Å². The molecule has 1 aromatic carbocycles. The fraction of sp³-hybridized carbons (Fsp3) is 0.500. The molecule has 0 aliphatic heterocycles. The van der Waals surface area contributed by atoms with Crippen LogP contribution >= 0.6 is 0 Å². The summed E-state index contributed by atoms with van der Waals surface area (Å²) in [6.07, 6.45) is 2.79. The minimum atomic E-state index is -0.407. The van der Waals surface area contributed by atoms with Crippen LogP contribution in [0.3, 0.4) is 0 Å². The van der Waals surface area contributed by atoms with Gasteiger partial charge in [-0.05, 0) is 31.9 Å². The van der Waals surface area contributed by atoms with Crippen molar-refractivity contribution in [3.63, 3.8) is 0 Å². The van der Waals surface area contributed by atoms with Gasteiger partial charge in [0, 0.05) is 5.69 Å². The van der Waals surface area contributed by atoms with Crippen LogP contribution < -0.4 is 11.1 Å². The van der Waals surface area contributed by atoms with E-state index < -0.39 is 6.04 Å². The zero-order valence-electron chi connectivity index (χ0n) is 10.9. The van der Waals surface area contributed by atoms with Crippen LogP contribution in [0.4, 0.5) is 5.69 Å². The SMILES string of the molecule is CCCC[C@H](N)C(=O)Nc1ccc(C)cc1C. The summed E-state index contributed by atoms with van der Waals surface area (Å²) in [5.74, 6) is -0.0922. The second-order valence-corrected chi connectivity index (χ2v) is 4.56. The van der Waals surface area contributed by atoms with Crippen LogP contribution in [-0.2, 0) is 4.79 Å². The van der Waals surface area contributed by atoms with Crippen molar-refractivity contribution in [2.75, 3.05) is 5.32 Å². The molecule has 3 N–H and O–H groups in total. The Balaban J connectivity index is 2.61. The van der Waals surface area contributed by atoms with Gasteiger partial charge in [0.05, 0.1) is 6.04 Å². The lowest BCUT2D eigenvalue weighted by Crippen LogP contribution is -2.35. The Bertz CT molecular complexity index is 388. The summed E-state index contributed by atoms with van der Waals surface area (Å²) in [6.45, 7) is 6.11. The maximum atomic E-state index is 11.8. The van der Waals surface area contributed by atoms with E-state index in [9.17, 15) is 4.79 Å². The molecule has 0 fully saturated rings. The molecule has 0 unspecified atom stereocenters. The average molecular weight is 234 g/mol. The van der Waals surface area contributed by atoms with Gasteiger partial charge in [-0.3, -0.25) is 4.79 Å². The largest absolute Gasteiger partial charge is 0.324 e. The van der Waals surface area contributed by atoms with Gasteiger partial charge in [0.25, 0.3) is 0 Å². The van der Waals surface area contributed by atoms with Crippen molar-refractivity contribution in [3.05, 3.63) is 29.3 Å². The zero-order valence-corrected chi connectivity index (χ0v) is 10.9. The van der Waals surface area contributed by atoms with Crippen molar-refractivity contribution in [1.82, 2.24) is 0 Å². The Labute approximate surface area is 103 Å². The van der Waals surface area contributed by atoms with Crippen LogP contribution in [-0.4, -0.2) is 11.9 Å². The van der Waals surface area contributed by atoms with Crippen LogP contribution in [0.15, 0.2) is 18.2 Å². The fourth-order valence-corrected chi connectivity index (χ4v) is 1.73. The van der Waals surface area contributed by atoms with Crippen LogP contribution in [0.1, 0.15) is 37.3 Å². The van der Waals surface area contributed by atoms with E-state index in [1.807, 2.05) is 32.0 Å². The van der Waals surface area contributed by atoms with Crippen LogP contribution in [0.5, 0.6) is 0 Å². The van der Waals surface area contributed by atoms with E-state index in [1.165, 1.54) is 5.56 Å². The minimum Gasteiger partial charge on any atom is -0.324 e. The monoisotopic (exact) mass is 234 g/mol. The first-order chi connectivity index (χ1) is 8.04. The minimum absolute atomic E-state index is 0.0922. The van der Waals surface area contributed by atoms with Crippen molar-refractivity contribution in [1.29, 1.82) is 0 Å². The zero-order chi connectivity index (χ0) is 12.8. The Morgan fingerprint density at radius 2 is 2.12 bits per heavy atom.